The van der Waals surface area contributed by atoms with E-state index in [-0.39, 0.29) is 20.7 Å². The number of carbonyl (C=O) groups is 1. The molecule has 0 aliphatic carbocycles. The standard InChI is InChI=1S/C10H9ClN2O5S2/c1-5-7(11)8(18-12-5)13-20(15,16)10-6(3-4-19-10)9(14)17-2/h3-4,13H,1-2H3. The molecule has 7 nitrogen and oxygen atoms in total. The molecule has 0 radical (unpaired) electrons. The van der Waals surface area contributed by atoms with Crippen LogP contribution in [0.25, 0.3) is 0 Å². The lowest BCUT2D eigenvalue weighted by Crippen LogP contribution is -2.15. The molecule has 0 aromatic carbocycles. The summed E-state index contributed by atoms with van der Waals surface area (Å²) in [6.07, 6.45) is 0. The normalized spacial score (nSPS) is 11.3. The number of halogens is 1. The number of carbonyl (C=O) groups excluding carboxylic acids is 1. The van der Waals surface area contributed by atoms with Crippen LogP contribution in [0.1, 0.15) is 16.1 Å². The molecular weight excluding hydrogens is 328 g/mol. The van der Waals surface area contributed by atoms with Crippen LogP contribution >= 0.6 is 22.9 Å². The maximum Gasteiger partial charge on any atom is 0.340 e. The Labute approximate surface area is 123 Å². The van der Waals surface area contributed by atoms with Crippen LogP contribution in [0.5, 0.6) is 0 Å². The largest absolute Gasteiger partial charge is 0.465 e. The van der Waals surface area contributed by atoms with E-state index in [1.807, 2.05) is 0 Å². The molecule has 20 heavy (non-hydrogen) atoms. The SMILES string of the molecule is COC(=O)c1ccsc1S(=O)(=O)Nc1onc(C)c1Cl. The van der Waals surface area contributed by atoms with Gasteiger partial charge in [0.1, 0.15) is 10.7 Å². The number of hydrogen-bond donors (Lipinski definition) is 1. The van der Waals surface area contributed by atoms with Gasteiger partial charge in [-0.25, -0.2) is 17.9 Å². The molecule has 0 atom stereocenters. The van der Waals surface area contributed by atoms with Gasteiger partial charge in [-0.15, -0.1) is 11.3 Å². The molecule has 2 aromatic heterocycles. The van der Waals surface area contributed by atoms with Crippen LogP contribution in [0.2, 0.25) is 5.02 Å². The second-order valence-corrected chi connectivity index (χ2v) is 6.80. The van der Waals surface area contributed by atoms with Gasteiger partial charge in [0.2, 0.25) is 0 Å². The second kappa shape index (κ2) is 5.43. The molecule has 1 N–H and O–H groups in total. The number of aromatic nitrogens is 1. The van der Waals surface area contributed by atoms with Crippen LogP contribution in [0.15, 0.2) is 20.2 Å². The average Bonchev–Trinajstić information content (AvgIpc) is 3.00. The first-order valence-corrected chi connectivity index (χ1v) is 7.91. The molecule has 0 saturated heterocycles. The quantitative estimate of drug-likeness (QED) is 0.860. The van der Waals surface area contributed by atoms with Crippen molar-refractivity contribution < 1.29 is 22.5 Å². The fraction of sp³-hybridized carbons (Fsp3) is 0.200. The summed E-state index contributed by atoms with van der Waals surface area (Å²) in [5.74, 6) is -0.945. The average molecular weight is 337 g/mol. The minimum absolute atomic E-state index is 0.0580. The van der Waals surface area contributed by atoms with E-state index in [1.54, 1.807) is 6.92 Å². The zero-order chi connectivity index (χ0) is 14.9. The van der Waals surface area contributed by atoms with E-state index in [2.05, 4.69) is 14.6 Å². The summed E-state index contributed by atoms with van der Waals surface area (Å²) in [5.41, 5.74) is 0.293. The molecule has 0 bridgehead atoms. The van der Waals surface area contributed by atoms with Crippen LogP contribution in [0, 0.1) is 6.92 Å². The third-order valence-electron chi connectivity index (χ3n) is 2.30. The monoisotopic (exact) mass is 336 g/mol. The number of hydrogen-bond acceptors (Lipinski definition) is 7. The van der Waals surface area contributed by atoms with Crippen molar-refractivity contribution >= 4 is 44.8 Å². The molecule has 0 amide bonds. The first-order valence-electron chi connectivity index (χ1n) is 5.17. The zero-order valence-electron chi connectivity index (χ0n) is 10.3. The van der Waals surface area contributed by atoms with Gasteiger partial charge in [0.25, 0.3) is 15.9 Å². The number of rotatable bonds is 4. The van der Waals surface area contributed by atoms with Gasteiger partial charge in [-0.2, -0.15) is 0 Å². The number of methoxy groups -OCH3 is 1. The molecule has 0 aliphatic heterocycles. The molecular formula is C10H9ClN2O5S2. The first-order chi connectivity index (χ1) is 9.36. The molecule has 2 heterocycles. The van der Waals surface area contributed by atoms with Crippen molar-refractivity contribution in [1.82, 2.24) is 5.16 Å². The molecule has 10 heteroatoms. The maximum atomic E-state index is 12.2. The summed E-state index contributed by atoms with van der Waals surface area (Å²) in [6.45, 7) is 1.56. The van der Waals surface area contributed by atoms with E-state index in [1.165, 1.54) is 18.6 Å². The zero-order valence-corrected chi connectivity index (χ0v) is 12.7. The number of sulfonamides is 1. The molecule has 108 valence electrons. The molecule has 2 rings (SSSR count). The highest BCUT2D eigenvalue weighted by molar-refractivity contribution is 7.94. The summed E-state index contributed by atoms with van der Waals surface area (Å²) < 4.78 is 35.7. The lowest BCUT2D eigenvalue weighted by atomic mass is 10.3. The van der Waals surface area contributed by atoms with E-state index in [0.29, 0.717) is 5.69 Å². The van der Waals surface area contributed by atoms with Crippen LogP contribution in [-0.4, -0.2) is 26.7 Å². The number of aryl methyl sites for hydroxylation is 1. The Balaban J connectivity index is 2.39. The lowest BCUT2D eigenvalue weighted by Gasteiger charge is -2.05. The summed E-state index contributed by atoms with van der Waals surface area (Å²) in [7, 11) is -2.85. The van der Waals surface area contributed by atoms with Crippen molar-refractivity contribution in [3.63, 3.8) is 0 Å². The summed E-state index contributed by atoms with van der Waals surface area (Å²) in [6, 6.07) is 1.36. The fourth-order valence-electron chi connectivity index (χ4n) is 1.36. The predicted molar refractivity (Wildman–Crippen MR) is 72.7 cm³/mol. The molecule has 0 fully saturated rings. The Morgan fingerprint density at radius 1 is 1.55 bits per heavy atom. The number of thiophene rings is 1. The highest BCUT2D eigenvalue weighted by atomic mass is 35.5. The van der Waals surface area contributed by atoms with Crippen LogP contribution in [0.3, 0.4) is 0 Å². The van der Waals surface area contributed by atoms with E-state index in [0.717, 1.165) is 11.3 Å². The second-order valence-electron chi connectivity index (χ2n) is 3.63. The topological polar surface area (TPSA) is 98.5 Å². The van der Waals surface area contributed by atoms with E-state index >= 15 is 0 Å². The number of ether oxygens (including phenoxy) is 1. The van der Waals surface area contributed by atoms with Gasteiger partial charge < -0.3 is 9.26 Å². The van der Waals surface area contributed by atoms with Crippen molar-refractivity contribution in [1.29, 1.82) is 0 Å². The predicted octanol–water partition coefficient (Wildman–Crippen LogP) is 2.29. The number of nitrogens with zero attached hydrogens (tertiary/aromatic N) is 1. The fourth-order valence-corrected chi connectivity index (χ4v) is 3.85. The Morgan fingerprint density at radius 3 is 2.80 bits per heavy atom. The Hall–Kier alpha value is -1.58. The molecule has 2 aromatic rings. The van der Waals surface area contributed by atoms with Gasteiger partial charge in [-0.3, -0.25) is 0 Å². The summed E-state index contributed by atoms with van der Waals surface area (Å²) >= 11 is 6.71. The van der Waals surface area contributed by atoms with Crippen LogP contribution in [-0.2, 0) is 14.8 Å². The number of esters is 1. The molecule has 0 spiro atoms. The minimum atomic E-state index is -4.02. The van der Waals surface area contributed by atoms with Crippen molar-refractivity contribution in [3.8, 4) is 0 Å². The maximum absolute atomic E-state index is 12.2. The minimum Gasteiger partial charge on any atom is -0.465 e. The molecule has 0 unspecified atom stereocenters. The third kappa shape index (κ3) is 2.65. The highest BCUT2D eigenvalue weighted by Crippen LogP contribution is 2.30. The van der Waals surface area contributed by atoms with Gasteiger partial charge in [-0.05, 0) is 18.4 Å². The Kier molecular flexibility index (Phi) is 4.02. The smallest absolute Gasteiger partial charge is 0.340 e. The van der Waals surface area contributed by atoms with Gasteiger partial charge in [0, 0.05) is 0 Å². The Morgan fingerprint density at radius 2 is 2.25 bits per heavy atom. The van der Waals surface area contributed by atoms with E-state index in [4.69, 9.17) is 16.1 Å². The van der Waals surface area contributed by atoms with Gasteiger partial charge in [0.05, 0.1) is 12.7 Å². The van der Waals surface area contributed by atoms with Crippen molar-refractivity contribution in [2.24, 2.45) is 0 Å². The van der Waals surface area contributed by atoms with Crippen molar-refractivity contribution in [2.75, 3.05) is 11.8 Å². The summed E-state index contributed by atoms with van der Waals surface area (Å²) in [4.78, 5) is 11.5. The van der Waals surface area contributed by atoms with Crippen molar-refractivity contribution in [2.45, 2.75) is 11.1 Å². The van der Waals surface area contributed by atoms with E-state index in [9.17, 15) is 13.2 Å². The third-order valence-corrected chi connectivity index (χ3v) is 5.56. The number of anilines is 1. The van der Waals surface area contributed by atoms with Gasteiger partial charge >= 0.3 is 5.97 Å². The first kappa shape index (κ1) is 14.8. The summed E-state index contributed by atoms with van der Waals surface area (Å²) in [5, 5.41) is 5.06. The molecule has 0 aliphatic rings. The molecule has 0 saturated carbocycles. The van der Waals surface area contributed by atoms with Crippen LogP contribution < -0.4 is 4.72 Å². The van der Waals surface area contributed by atoms with Crippen LogP contribution in [0.4, 0.5) is 5.88 Å². The van der Waals surface area contributed by atoms with Crippen molar-refractivity contribution in [3.05, 3.63) is 27.7 Å². The highest BCUT2D eigenvalue weighted by Gasteiger charge is 2.27. The number of nitrogens with one attached hydrogen (secondary N) is 1. The lowest BCUT2D eigenvalue weighted by molar-refractivity contribution is 0.0597. The van der Waals surface area contributed by atoms with Gasteiger partial charge in [-0.1, -0.05) is 16.8 Å². The van der Waals surface area contributed by atoms with Gasteiger partial charge in [0.15, 0.2) is 4.21 Å². The Bertz CT molecular complexity index is 750. The van der Waals surface area contributed by atoms with E-state index < -0.39 is 16.0 Å².